The maximum Gasteiger partial charge on any atom is 0.261 e. The average Bonchev–Trinajstić information content (AvgIpc) is 2.69. The Morgan fingerprint density at radius 3 is 2.32 bits per heavy atom. The molecule has 28 heavy (non-hydrogen) atoms. The lowest BCUT2D eigenvalue weighted by Crippen LogP contribution is -2.17. The second-order valence-corrected chi connectivity index (χ2v) is 7.66. The molecule has 0 aliphatic carbocycles. The van der Waals surface area contributed by atoms with Gasteiger partial charge in [-0.15, -0.1) is 0 Å². The molecule has 1 heterocycles. The van der Waals surface area contributed by atoms with Crippen LogP contribution in [0.3, 0.4) is 0 Å². The summed E-state index contributed by atoms with van der Waals surface area (Å²) in [5.41, 5.74) is 0.674. The van der Waals surface area contributed by atoms with Gasteiger partial charge in [0.2, 0.25) is 0 Å². The van der Waals surface area contributed by atoms with Crippen LogP contribution in [-0.4, -0.2) is 26.4 Å². The number of amides is 1. The molecule has 0 fully saturated rings. The molecule has 0 unspecified atom stereocenters. The topological polar surface area (TPSA) is 97.4 Å². The number of anilines is 2. The van der Waals surface area contributed by atoms with Gasteiger partial charge in [0.15, 0.2) is 0 Å². The zero-order valence-corrected chi connectivity index (χ0v) is 16.3. The maximum atomic E-state index is 12.7. The molecule has 0 radical (unpaired) electrons. The van der Waals surface area contributed by atoms with Gasteiger partial charge in [-0.2, -0.15) is 0 Å². The van der Waals surface area contributed by atoms with Crippen LogP contribution in [-0.2, 0) is 10.0 Å². The van der Waals surface area contributed by atoms with Crippen molar-refractivity contribution in [3.05, 3.63) is 77.6 Å². The number of halogens is 1. The number of nitrogens with zero attached hydrogens (tertiary/aromatic N) is 1. The van der Waals surface area contributed by atoms with Crippen molar-refractivity contribution in [3.8, 4) is 5.75 Å². The van der Waals surface area contributed by atoms with E-state index in [0.717, 1.165) is 0 Å². The molecule has 0 atom stereocenters. The minimum Gasteiger partial charge on any atom is -0.497 e. The van der Waals surface area contributed by atoms with Crippen LogP contribution in [0.15, 0.2) is 71.8 Å². The average molecular weight is 418 g/mol. The van der Waals surface area contributed by atoms with Gasteiger partial charge in [-0.05, 0) is 48.5 Å². The first-order chi connectivity index (χ1) is 13.4. The highest BCUT2D eigenvalue weighted by atomic mass is 35.5. The van der Waals surface area contributed by atoms with Crippen molar-refractivity contribution in [2.45, 2.75) is 4.90 Å². The van der Waals surface area contributed by atoms with E-state index in [1.165, 1.54) is 31.5 Å². The van der Waals surface area contributed by atoms with Gasteiger partial charge >= 0.3 is 0 Å². The Kier molecular flexibility index (Phi) is 5.81. The van der Waals surface area contributed by atoms with E-state index in [0.29, 0.717) is 5.75 Å². The third kappa shape index (κ3) is 4.41. The van der Waals surface area contributed by atoms with Gasteiger partial charge in [0.1, 0.15) is 10.9 Å². The standard InChI is InChI=1S/C19H16ClN3O4S/c1-27-13-8-10-14(11-9-13)28(25,26)23-17-7-3-2-6-16(17)22-19(24)15-5-4-12-21-18(15)20/h2-12,23H,1H3,(H,22,24). The molecule has 0 spiro atoms. The summed E-state index contributed by atoms with van der Waals surface area (Å²) in [5.74, 6) is 0.0363. The molecular weight excluding hydrogens is 402 g/mol. The molecule has 0 bridgehead atoms. The summed E-state index contributed by atoms with van der Waals surface area (Å²) < 4.78 is 32.9. The van der Waals surface area contributed by atoms with Crippen molar-refractivity contribution in [1.29, 1.82) is 0 Å². The van der Waals surface area contributed by atoms with E-state index in [2.05, 4.69) is 15.0 Å². The Labute approximate surface area is 167 Å². The van der Waals surface area contributed by atoms with Crippen molar-refractivity contribution in [2.75, 3.05) is 17.1 Å². The van der Waals surface area contributed by atoms with Crippen LogP contribution in [0.1, 0.15) is 10.4 Å². The van der Waals surface area contributed by atoms with Crippen molar-refractivity contribution in [2.24, 2.45) is 0 Å². The highest BCUT2D eigenvalue weighted by molar-refractivity contribution is 7.92. The number of rotatable bonds is 6. The monoisotopic (exact) mass is 417 g/mol. The van der Waals surface area contributed by atoms with E-state index in [9.17, 15) is 13.2 Å². The first-order valence-corrected chi connectivity index (χ1v) is 9.94. The van der Waals surface area contributed by atoms with Crippen LogP contribution in [0, 0.1) is 0 Å². The van der Waals surface area contributed by atoms with E-state index in [-0.39, 0.29) is 27.0 Å². The Morgan fingerprint density at radius 1 is 1.00 bits per heavy atom. The largest absolute Gasteiger partial charge is 0.497 e. The lowest BCUT2D eigenvalue weighted by Gasteiger charge is -2.14. The Bertz CT molecular complexity index is 1100. The lowest BCUT2D eigenvalue weighted by molar-refractivity contribution is 0.102. The quantitative estimate of drug-likeness (QED) is 0.594. The lowest BCUT2D eigenvalue weighted by atomic mass is 10.2. The Hall–Kier alpha value is -3.10. The molecule has 0 aliphatic rings. The van der Waals surface area contributed by atoms with Gasteiger partial charge in [0.05, 0.1) is 28.9 Å². The van der Waals surface area contributed by atoms with E-state index >= 15 is 0 Å². The van der Waals surface area contributed by atoms with Crippen molar-refractivity contribution in [1.82, 2.24) is 4.98 Å². The molecule has 1 amide bonds. The summed E-state index contributed by atoms with van der Waals surface area (Å²) in [6, 6.07) is 15.5. The summed E-state index contributed by atoms with van der Waals surface area (Å²) in [6.45, 7) is 0. The molecule has 9 heteroatoms. The zero-order valence-electron chi connectivity index (χ0n) is 14.7. The third-order valence-electron chi connectivity index (χ3n) is 3.79. The Balaban J connectivity index is 1.85. The number of nitrogens with one attached hydrogen (secondary N) is 2. The van der Waals surface area contributed by atoms with E-state index in [1.54, 1.807) is 42.5 Å². The molecule has 0 saturated heterocycles. The van der Waals surface area contributed by atoms with Crippen molar-refractivity contribution >= 4 is 38.9 Å². The first-order valence-electron chi connectivity index (χ1n) is 8.08. The first kappa shape index (κ1) is 19.7. The van der Waals surface area contributed by atoms with Gasteiger partial charge in [0.25, 0.3) is 15.9 Å². The number of sulfonamides is 1. The number of ether oxygens (including phenoxy) is 1. The van der Waals surface area contributed by atoms with E-state index in [4.69, 9.17) is 16.3 Å². The summed E-state index contributed by atoms with van der Waals surface area (Å²) in [7, 11) is -2.37. The zero-order chi connectivity index (χ0) is 20.1. The van der Waals surface area contributed by atoms with Gasteiger partial charge in [-0.25, -0.2) is 13.4 Å². The van der Waals surface area contributed by atoms with Crippen molar-refractivity contribution in [3.63, 3.8) is 0 Å². The van der Waals surface area contributed by atoms with Gasteiger partial charge in [-0.3, -0.25) is 9.52 Å². The highest BCUT2D eigenvalue weighted by Crippen LogP contribution is 2.26. The van der Waals surface area contributed by atoms with Crippen molar-refractivity contribution < 1.29 is 17.9 Å². The van der Waals surface area contributed by atoms with Crippen LogP contribution >= 0.6 is 11.6 Å². The van der Waals surface area contributed by atoms with Crippen LogP contribution in [0.2, 0.25) is 5.15 Å². The van der Waals surface area contributed by atoms with Crippen LogP contribution < -0.4 is 14.8 Å². The third-order valence-corrected chi connectivity index (χ3v) is 5.48. The predicted molar refractivity (Wildman–Crippen MR) is 107 cm³/mol. The minimum absolute atomic E-state index is 0.0521. The molecule has 1 aromatic heterocycles. The number of hydrogen-bond donors (Lipinski definition) is 2. The fraction of sp³-hybridized carbons (Fsp3) is 0.0526. The Morgan fingerprint density at radius 2 is 1.68 bits per heavy atom. The van der Waals surface area contributed by atoms with E-state index in [1.807, 2.05) is 0 Å². The molecule has 2 aromatic carbocycles. The number of hydrogen-bond acceptors (Lipinski definition) is 5. The van der Waals surface area contributed by atoms with Crippen LogP contribution in [0.5, 0.6) is 5.75 Å². The fourth-order valence-electron chi connectivity index (χ4n) is 2.38. The van der Waals surface area contributed by atoms with E-state index < -0.39 is 15.9 Å². The number of pyridine rings is 1. The molecule has 7 nitrogen and oxygen atoms in total. The molecule has 0 aliphatic heterocycles. The van der Waals surface area contributed by atoms with Crippen LogP contribution in [0.4, 0.5) is 11.4 Å². The molecular formula is C19H16ClN3O4S. The predicted octanol–water partition coefficient (Wildman–Crippen LogP) is 3.80. The number of benzene rings is 2. The maximum absolute atomic E-state index is 12.7. The van der Waals surface area contributed by atoms with Crippen LogP contribution in [0.25, 0.3) is 0 Å². The number of carbonyl (C=O) groups excluding carboxylic acids is 1. The van der Waals surface area contributed by atoms with Gasteiger partial charge in [-0.1, -0.05) is 23.7 Å². The highest BCUT2D eigenvalue weighted by Gasteiger charge is 2.18. The molecule has 2 N–H and O–H groups in total. The summed E-state index contributed by atoms with van der Waals surface area (Å²) >= 11 is 5.94. The number of carbonyl (C=O) groups is 1. The second kappa shape index (κ2) is 8.28. The normalized spacial score (nSPS) is 10.9. The number of methoxy groups -OCH3 is 1. The molecule has 3 rings (SSSR count). The molecule has 3 aromatic rings. The van der Waals surface area contributed by atoms with Gasteiger partial charge < -0.3 is 10.1 Å². The molecule has 144 valence electrons. The fourth-order valence-corrected chi connectivity index (χ4v) is 3.67. The summed E-state index contributed by atoms with van der Waals surface area (Å²) in [6.07, 6.45) is 1.47. The second-order valence-electron chi connectivity index (χ2n) is 5.62. The smallest absolute Gasteiger partial charge is 0.261 e. The molecule has 0 saturated carbocycles. The minimum atomic E-state index is -3.86. The summed E-state index contributed by atoms with van der Waals surface area (Å²) in [4.78, 5) is 16.4. The SMILES string of the molecule is COc1ccc(S(=O)(=O)Nc2ccccc2NC(=O)c2cccnc2Cl)cc1. The summed E-state index contributed by atoms with van der Waals surface area (Å²) in [5, 5.41) is 2.70. The van der Waals surface area contributed by atoms with Gasteiger partial charge in [0, 0.05) is 6.20 Å². The number of para-hydroxylation sites is 2. The number of aromatic nitrogens is 1.